The predicted molar refractivity (Wildman–Crippen MR) is 66.9 cm³/mol. The number of aliphatic hydroxyl groups excluding tert-OH is 1. The first-order valence-electron chi connectivity index (χ1n) is 5.69. The van der Waals surface area contributed by atoms with Crippen LogP contribution in [0.4, 0.5) is 0 Å². The van der Waals surface area contributed by atoms with Crippen LogP contribution in [-0.4, -0.2) is 24.9 Å². The lowest BCUT2D eigenvalue weighted by Gasteiger charge is -2.27. The van der Waals surface area contributed by atoms with Crippen LogP contribution in [0, 0.1) is 0 Å². The zero-order valence-electron chi connectivity index (χ0n) is 9.34. The lowest BCUT2D eigenvalue weighted by Crippen LogP contribution is -2.36. The first-order valence-corrected chi connectivity index (χ1v) is 7.62. The van der Waals surface area contributed by atoms with Gasteiger partial charge in [-0.05, 0) is 37.1 Å². The van der Waals surface area contributed by atoms with E-state index < -0.39 is 21.2 Å². The minimum atomic E-state index is -3.44. The molecule has 0 amide bonds. The van der Waals surface area contributed by atoms with Crippen molar-refractivity contribution in [1.82, 2.24) is 0 Å². The Morgan fingerprint density at radius 2 is 1.71 bits per heavy atom. The van der Waals surface area contributed by atoms with Crippen LogP contribution in [-0.2, 0) is 9.84 Å². The third-order valence-corrected chi connectivity index (χ3v) is 5.74. The molecule has 0 bridgehead atoms. The number of benzene rings is 1. The highest BCUT2D eigenvalue weighted by Crippen LogP contribution is 2.29. The summed E-state index contributed by atoms with van der Waals surface area (Å²) in [5.74, 6) is 0. The lowest BCUT2D eigenvalue weighted by molar-refractivity contribution is 0.133. The van der Waals surface area contributed by atoms with Crippen molar-refractivity contribution in [2.24, 2.45) is 0 Å². The zero-order valence-corrected chi connectivity index (χ0v) is 10.9. The summed E-state index contributed by atoms with van der Waals surface area (Å²) >= 11 is 5.73. The topological polar surface area (TPSA) is 54.4 Å². The van der Waals surface area contributed by atoms with E-state index in [1.807, 2.05) is 0 Å². The second kappa shape index (κ2) is 4.96. The minimum Gasteiger partial charge on any atom is -0.392 e. The van der Waals surface area contributed by atoms with Crippen molar-refractivity contribution in [2.45, 2.75) is 41.9 Å². The largest absolute Gasteiger partial charge is 0.392 e. The number of hydrogen-bond acceptors (Lipinski definition) is 3. The molecule has 1 aromatic carbocycles. The second-order valence-electron chi connectivity index (χ2n) is 4.39. The Bertz CT molecular complexity index is 481. The number of hydrogen-bond donors (Lipinski definition) is 1. The van der Waals surface area contributed by atoms with Gasteiger partial charge in [0.2, 0.25) is 0 Å². The molecule has 2 rings (SSSR count). The summed E-state index contributed by atoms with van der Waals surface area (Å²) < 4.78 is 24.6. The fourth-order valence-corrected chi connectivity index (χ4v) is 4.26. The van der Waals surface area contributed by atoms with Crippen molar-refractivity contribution in [3.63, 3.8) is 0 Å². The SMILES string of the molecule is O=S(=O)(c1ccc(Cl)cc1)C1CCCCC1O. The maximum absolute atomic E-state index is 12.3. The van der Waals surface area contributed by atoms with Gasteiger partial charge in [0.1, 0.15) is 0 Å². The van der Waals surface area contributed by atoms with E-state index in [0.29, 0.717) is 17.9 Å². The fraction of sp³-hybridized carbons (Fsp3) is 0.500. The molecule has 0 aromatic heterocycles. The normalized spacial score (nSPS) is 25.8. The summed E-state index contributed by atoms with van der Waals surface area (Å²) in [7, 11) is -3.44. The van der Waals surface area contributed by atoms with Crippen molar-refractivity contribution < 1.29 is 13.5 Å². The monoisotopic (exact) mass is 274 g/mol. The highest BCUT2D eigenvalue weighted by molar-refractivity contribution is 7.92. The standard InChI is InChI=1S/C12H15ClO3S/c13-9-5-7-10(8-6-9)17(15,16)12-4-2-1-3-11(12)14/h5-8,11-12,14H,1-4H2. The minimum absolute atomic E-state index is 0.243. The van der Waals surface area contributed by atoms with Crippen LogP contribution in [0.15, 0.2) is 29.2 Å². The van der Waals surface area contributed by atoms with Gasteiger partial charge in [-0.25, -0.2) is 8.42 Å². The number of halogens is 1. The molecule has 0 spiro atoms. The molecule has 0 radical (unpaired) electrons. The molecule has 2 unspecified atom stereocenters. The van der Waals surface area contributed by atoms with E-state index in [1.165, 1.54) is 12.1 Å². The van der Waals surface area contributed by atoms with Gasteiger partial charge in [-0.1, -0.05) is 24.4 Å². The van der Waals surface area contributed by atoms with E-state index in [-0.39, 0.29) is 4.90 Å². The summed E-state index contributed by atoms with van der Waals surface area (Å²) in [6, 6.07) is 6.12. The van der Waals surface area contributed by atoms with Gasteiger partial charge in [0.05, 0.1) is 16.2 Å². The molecule has 2 atom stereocenters. The zero-order chi connectivity index (χ0) is 12.5. The van der Waals surface area contributed by atoms with E-state index in [0.717, 1.165) is 12.8 Å². The highest BCUT2D eigenvalue weighted by atomic mass is 35.5. The lowest BCUT2D eigenvalue weighted by atomic mass is 9.97. The Balaban J connectivity index is 2.32. The predicted octanol–water partition coefficient (Wildman–Crippen LogP) is 2.42. The highest BCUT2D eigenvalue weighted by Gasteiger charge is 2.35. The summed E-state index contributed by atoms with van der Waals surface area (Å²) in [5.41, 5.74) is 0. The number of rotatable bonds is 2. The van der Waals surface area contributed by atoms with Gasteiger partial charge in [0, 0.05) is 5.02 Å². The molecule has 1 N–H and O–H groups in total. The van der Waals surface area contributed by atoms with Crippen molar-refractivity contribution in [3.8, 4) is 0 Å². The van der Waals surface area contributed by atoms with E-state index in [2.05, 4.69) is 0 Å². The van der Waals surface area contributed by atoms with E-state index in [1.54, 1.807) is 12.1 Å². The van der Waals surface area contributed by atoms with Crippen LogP contribution >= 0.6 is 11.6 Å². The van der Waals surface area contributed by atoms with Gasteiger partial charge < -0.3 is 5.11 Å². The van der Waals surface area contributed by atoms with Crippen LogP contribution in [0.3, 0.4) is 0 Å². The first kappa shape index (κ1) is 12.9. The molecule has 0 saturated heterocycles. The van der Waals surface area contributed by atoms with Crippen molar-refractivity contribution >= 4 is 21.4 Å². The Hall–Kier alpha value is -0.580. The van der Waals surface area contributed by atoms with Gasteiger partial charge in [-0.2, -0.15) is 0 Å². The molecule has 1 saturated carbocycles. The number of sulfone groups is 1. The Morgan fingerprint density at radius 1 is 1.12 bits per heavy atom. The van der Waals surface area contributed by atoms with Crippen molar-refractivity contribution in [1.29, 1.82) is 0 Å². The van der Waals surface area contributed by atoms with Crippen molar-refractivity contribution in [2.75, 3.05) is 0 Å². The molecule has 1 aliphatic rings. The summed E-state index contributed by atoms with van der Waals surface area (Å²) in [4.78, 5) is 0.243. The van der Waals surface area contributed by atoms with Crippen LogP contribution in [0.1, 0.15) is 25.7 Å². The van der Waals surface area contributed by atoms with Gasteiger partial charge in [-0.3, -0.25) is 0 Å². The molecule has 0 aliphatic heterocycles. The molecule has 94 valence electrons. The van der Waals surface area contributed by atoms with Gasteiger partial charge in [0.25, 0.3) is 0 Å². The smallest absolute Gasteiger partial charge is 0.183 e. The second-order valence-corrected chi connectivity index (χ2v) is 6.99. The Morgan fingerprint density at radius 3 is 2.29 bits per heavy atom. The van der Waals surface area contributed by atoms with Crippen LogP contribution in [0.2, 0.25) is 5.02 Å². The molecule has 5 heteroatoms. The van der Waals surface area contributed by atoms with Crippen LogP contribution in [0.25, 0.3) is 0 Å². The molecule has 1 aromatic rings. The van der Waals surface area contributed by atoms with Crippen LogP contribution < -0.4 is 0 Å². The van der Waals surface area contributed by atoms with E-state index in [4.69, 9.17) is 11.6 Å². The van der Waals surface area contributed by atoms with E-state index >= 15 is 0 Å². The summed E-state index contributed by atoms with van der Waals surface area (Å²) in [6.45, 7) is 0. The molecule has 3 nitrogen and oxygen atoms in total. The molecular formula is C12H15ClO3S. The average molecular weight is 275 g/mol. The maximum atomic E-state index is 12.3. The summed E-state index contributed by atoms with van der Waals surface area (Å²) in [6.07, 6.45) is 2.11. The Labute approximate surface area is 106 Å². The van der Waals surface area contributed by atoms with Gasteiger partial charge in [0.15, 0.2) is 9.84 Å². The third kappa shape index (κ3) is 2.64. The quantitative estimate of drug-likeness (QED) is 0.901. The molecule has 17 heavy (non-hydrogen) atoms. The molecule has 0 heterocycles. The maximum Gasteiger partial charge on any atom is 0.183 e. The molecular weight excluding hydrogens is 260 g/mol. The van der Waals surface area contributed by atoms with Gasteiger partial charge >= 0.3 is 0 Å². The molecule has 1 fully saturated rings. The summed E-state index contributed by atoms with van der Waals surface area (Å²) in [5, 5.41) is 9.65. The van der Waals surface area contributed by atoms with Crippen LogP contribution in [0.5, 0.6) is 0 Å². The first-order chi connectivity index (χ1) is 8.01. The Kier molecular flexibility index (Phi) is 3.76. The third-order valence-electron chi connectivity index (χ3n) is 3.21. The van der Waals surface area contributed by atoms with Crippen molar-refractivity contribution in [3.05, 3.63) is 29.3 Å². The van der Waals surface area contributed by atoms with E-state index in [9.17, 15) is 13.5 Å². The molecule has 1 aliphatic carbocycles. The average Bonchev–Trinajstić information content (AvgIpc) is 2.30. The van der Waals surface area contributed by atoms with Gasteiger partial charge in [-0.15, -0.1) is 0 Å². The number of aliphatic hydroxyl groups is 1. The fourth-order valence-electron chi connectivity index (χ4n) is 2.24.